The number of rotatable bonds is 5. The summed E-state index contributed by atoms with van der Waals surface area (Å²) in [6, 6.07) is 10.3. The zero-order valence-electron chi connectivity index (χ0n) is 18.2. The molecule has 2 fully saturated rings. The smallest absolute Gasteiger partial charge is 0.248 e. The first-order valence-electron chi connectivity index (χ1n) is 10.8. The Morgan fingerprint density at radius 3 is 2.45 bits per heavy atom. The average Bonchev–Trinajstić information content (AvgIpc) is 3.13. The lowest BCUT2D eigenvalue weighted by Crippen LogP contribution is -2.52. The predicted octanol–water partition coefficient (Wildman–Crippen LogP) is 2.04. The molecule has 0 saturated carbocycles. The molecule has 168 valence electrons. The summed E-state index contributed by atoms with van der Waals surface area (Å²) >= 11 is 0. The molecule has 9 heteroatoms. The number of piperazine rings is 1. The molecule has 1 atom stereocenters. The van der Waals surface area contributed by atoms with Crippen LogP contribution in [-0.2, 0) is 21.4 Å². The first-order valence-corrected chi connectivity index (χ1v) is 12.3. The van der Waals surface area contributed by atoms with E-state index in [1.807, 2.05) is 23.1 Å². The van der Waals surface area contributed by atoms with E-state index in [4.69, 9.17) is 4.52 Å². The van der Waals surface area contributed by atoms with Gasteiger partial charge >= 0.3 is 0 Å². The zero-order chi connectivity index (χ0) is 22.0. The summed E-state index contributed by atoms with van der Waals surface area (Å²) in [5.74, 6) is 0.0585. The van der Waals surface area contributed by atoms with Gasteiger partial charge in [0.05, 0.1) is 5.92 Å². The van der Waals surface area contributed by atoms with E-state index in [1.165, 1.54) is 9.87 Å². The molecule has 1 aromatic heterocycles. The number of aromatic nitrogens is 1. The second-order valence-electron chi connectivity index (χ2n) is 8.44. The van der Waals surface area contributed by atoms with E-state index >= 15 is 0 Å². The molecule has 1 unspecified atom stereocenters. The Kier molecular flexibility index (Phi) is 6.45. The fourth-order valence-electron chi connectivity index (χ4n) is 4.56. The van der Waals surface area contributed by atoms with Gasteiger partial charge in [-0.05, 0) is 32.3 Å². The number of sulfonamides is 1. The molecule has 8 nitrogen and oxygen atoms in total. The van der Waals surface area contributed by atoms with Gasteiger partial charge in [-0.15, -0.1) is 0 Å². The molecular formula is C22H30N4O4S. The van der Waals surface area contributed by atoms with Crippen molar-refractivity contribution < 1.29 is 17.7 Å². The van der Waals surface area contributed by atoms with Crippen LogP contribution in [0.4, 0.5) is 0 Å². The van der Waals surface area contributed by atoms with Crippen LogP contribution in [-0.4, -0.2) is 72.9 Å². The lowest BCUT2D eigenvalue weighted by atomic mass is 9.97. The maximum atomic E-state index is 13.2. The molecule has 1 aromatic carbocycles. The number of aryl methyl sites for hydroxylation is 2. The number of hydrogen-bond donors (Lipinski definition) is 0. The Labute approximate surface area is 183 Å². The van der Waals surface area contributed by atoms with E-state index in [0.29, 0.717) is 37.5 Å². The average molecular weight is 447 g/mol. The molecule has 0 bridgehead atoms. The second kappa shape index (κ2) is 9.10. The number of nitrogens with zero attached hydrogens (tertiary/aromatic N) is 4. The quantitative estimate of drug-likeness (QED) is 0.699. The molecule has 2 saturated heterocycles. The minimum absolute atomic E-state index is 0.0676. The van der Waals surface area contributed by atoms with Crippen LogP contribution >= 0.6 is 0 Å². The van der Waals surface area contributed by atoms with Crippen LogP contribution in [0.3, 0.4) is 0 Å². The lowest BCUT2D eigenvalue weighted by molar-refractivity contribution is -0.138. The first-order chi connectivity index (χ1) is 14.9. The van der Waals surface area contributed by atoms with Crippen molar-refractivity contribution in [2.75, 3.05) is 39.3 Å². The fraction of sp³-hybridized carbons (Fsp3) is 0.545. The highest BCUT2D eigenvalue weighted by Crippen LogP contribution is 2.28. The van der Waals surface area contributed by atoms with Gasteiger partial charge in [-0.2, -0.15) is 4.31 Å². The third-order valence-corrected chi connectivity index (χ3v) is 8.34. The van der Waals surface area contributed by atoms with E-state index in [9.17, 15) is 13.2 Å². The van der Waals surface area contributed by atoms with Crippen LogP contribution in [0.15, 0.2) is 39.8 Å². The van der Waals surface area contributed by atoms with Crippen molar-refractivity contribution in [3.8, 4) is 0 Å². The Hall–Kier alpha value is -2.23. The van der Waals surface area contributed by atoms with Gasteiger partial charge in [0.15, 0.2) is 5.76 Å². The summed E-state index contributed by atoms with van der Waals surface area (Å²) in [6.45, 7) is 7.77. The van der Waals surface area contributed by atoms with Crippen LogP contribution < -0.4 is 0 Å². The monoisotopic (exact) mass is 446 g/mol. The van der Waals surface area contributed by atoms with Crippen molar-refractivity contribution in [3.63, 3.8) is 0 Å². The predicted molar refractivity (Wildman–Crippen MR) is 116 cm³/mol. The van der Waals surface area contributed by atoms with Gasteiger partial charge in [0.2, 0.25) is 15.9 Å². The topological polar surface area (TPSA) is 87.0 Å². The number of benzene rings is 1. The van der Waals surface area contributed by atoms with E-state index in [0.717, 1.165) is 26.1 Å². The molecule has 31 heavy (non-hydrogen) atoms. The van der Waals surface area contributed by atoms with Gasteiger partial charge in [0.25, 0.3) is 0 Å². The summed E-state index contributed by atoms with van der Waals surface area (Å²) in [5.41, 5.74) is 1.63. The minimum atomic E-state index is -3.72. The summed E-state index contributed by atoms with van der Waals surface area (Å²) in [5, 5.41) is 3.78. The molecule has 0 radical (unpaired) electrons. The lowest BCUT2D eigenvalue weighted by Gasteiger charge is -2.38. The molecule has 4 rings (SSSR count). The summed E-state index contributed by atoms with van der Waals surface area (Å²) in [6.07, 6.45) is 1.39. The highest BCUT2D eigenvalue weighted by Gasteiger charge is 2.38. The Bertz CT molecular complexity index is 994. The fourth-order valence-corrected chi connectivity index (χ4v) is 6.38. The van der Waals surface area contributed by atoms with E-state index < -0.39 is 10.0 Å². The van der Waals surface area contributed by atoms with Gasteiger partial charge < -0.3 is 9.42 Å². The van der Waals surface area contributed by atoms with E-state index in [-0.39, 0.29) is 23.3 Å². The van der Waals surface area contributed by atoms with Crippen LogP contribution in [0, 0.1) is 19.8 Å². The van der Waals surface area contributed by atoms with Gasteiger partial charge in [-0.3, -0.25) is 9.69 Å². The van der Waals surface area contributed by atoms with Gasteiger partial charge in [0.1, 0.15) is 10.6 Å². The highest BCUT2D eigenvalue weighted by atomic mass is 32.2. The Morgan fingerprint density at radius 1 is 1.10 bits per heavy atom. The van der Waals surface area contributed by atoms with Gasteiger partial charge in [-0.1, -0.05) is 35.5 Å². The van der Waals surface area contributed by atoms with Crippen LogP contribution in [0.1, 0.15) is 29.9 Å². The van der Waals surface area contributed by atoms with Crippen LogP contribution in [0.2, 0.25) is 0 Å². The molecule has 2 aliphatic heterocycles. The van der Waals surface area contributed by atoms with Gasteiger partial charge in [0, 0.05) is 45.8 Å². The largest absolute Gasteiger partial charge is 0.360 e. The zero-order valence-corrected chi connectivity index (χ0v) is 19.0. The first kappa shape index (κ1) is 22.0. The third-order valence-electron chi connectivity index (χ3n) is 6.23. The van der Waals surface area contributed by atoms with Crippen LogP contribution in [0.25, 0.3) is 0 Å². The highest BCUT2D eigenvalue weighted by molar-refractivity contribution is 7.89. The summed E-state index contributed by atoms with van der Waals surface area (Å²) < 4.78 is 32.8. The SMILES string of the molecule is Cc1noc(C)c1S(=O)(=O)N1CCCC(C(=O)N2CCN(Cc3ccccc3)CC2)C1. The number of carbonyl (C=O) groups is 1. The molecule has 0 aliphatic carbocycles. The number of hydrogen-bond acceptors (Lipinski definition) is 6. The van der Waals surface area contributed by atoms with E-state index in [2.05, 4.69) is 22.2 Å². The summed E-state index contributed by atoms with van der Waals surface area (Å²) in [4.78, 5) is 17.6. The standard InChI is InChI=1S/C22H30N4O4S/c1-17-21(18(2)30-23-17)31(28,29)26-10-6-9-20(16-26)22(27)25-13-11-24(12-14-25)15-19-7-4-3-5-8-19/h3-5,7-8,20H,6,9-16H2,1-2H3. The molecule has 2 aliphatic rings. The second-order valence-corrected chi connectivity index (χ2v) is 10.3. The van der Waals surface area contributed by atoms with Crippen molar-refractivity contribution in [2.45, 2.75) is 38.1 Å². The van der Waals surface area contributed by atoms with Crippen molar-refractivity contribution in [1.82, 2.24) is 19.3 Å². The maximum Gasteiger partial charge on any atom is 0.248 e. The summed E-state index contributed by atoms with van der Waals surface area (Å²) in [7, 11) is -3.72. The Morgan fingerprint density at radius 2 is 1.81 bits per heavy atom. The Balaban J connectivity index is 1.36. The molecule has 1 amide bonds. The van der Waals surface area contributed by atoms with Gasteiger partial charge in [-0.25, -0.2) is 8.42 Å². The molecular weight excluding hydrogens is 416 g/mol. The van der Waals surface area contributed by atoms with E-state index in [1.54, 1.807) is 13.8 Å². The van der Waals surface area contributed by atoms with Crippen molar-refractivity contribution in [2.24, 2.45) is 5.92 Å². The molecule has 0 N–H and O–H groups in total. The van der Waals surface area contributed by atoms with Crippen molar-refractivity contribution in [1.29, 1.82) is 0 Å². The normalized spacial score (nSPS) is 21.4. The minimum Gasteiger partial charge on any atom is -0.360 e. The molecule has 3 heterocycles. The van der Waals surface area contributed by atoms with Crippen molar-refractivity contribution in [3.05, 3.63) is 47.3 Å². The van der Waals surface area contributed by atoms with Crippen molar-refractivity contribution >= 4 is 15.9 Å². The van der Waals surface area contributed by atoms with Crippen LogP contribution in [0.5, 0.6) is 0 Å². The number of amides is 1. The number of carbonyl (C=O) groups excluding carboxylic acids is 1. The molecule has 0 spiro atoms. The molecule has 2 aromatic rings. The maximum absolute atomic E-state index is 13.2. The third kappa shape index (κ3) is 4.68. The number of piperidine rings is 1.